The molecule has 0 aromatic carbocycles. The third-order valence-corrected chi connectivity index (χ3v) is 4.83. The van der Waals surface area contributed by atoms with Crippen LogP contribution in [0.3, 0.4) is 0 Å². The zero-order valence-corrected chi connectivity index (χ0v) is 12.7. The highest BCUT2D eigenvalue weighted by Gasteiger charge is 2.22. The van der Waals surface area contributed by atoms with Crippen molar-refractivity contribution in [2.75, 3.05) is 46.3 Å². The molecule has 0 radical (unpaired) electrons. The molecule has 2 N–H and O–H groups in total. The Hall–Kier alpha value is -0.810. The van der Waals surface area contributed by atoms with Crippen LogP contribution in [0, 0.1) is 11.8 Å². The first kappa shape index (κ1) is 15.6. The number of nitrogens with one attached hydrogen (secondary N) is 1. The van der Waals surface area contributed by atoms with E-state index < -0.39 is 6.09 Å². The molecule has 2 aliphatic heterocycles. The average Bonchev–Trinajstić information content (AvgIpc) is 2.46. The van der Waals surface area contributed by atoms with Crippen molar-refractivity contribution in [2.45, 2.75) is 32.1 Å². The number of hydrogen-bond donors (Lipinski definition) is 2. The molecule has 1 amide bonds. The minimum Gasteiger partial charge on any atom is -0.465 e. The van der Waals surface area contributed by atoms with Crippen molar-refractivity contribution in [3.63, 3.8) is 0 Å². The van der Waals surface area contributed by atoms with E-state index in [9.17, 15) is 4.79 Å². The van der Waals surface area contributed by atoms with Gasteiger partial charge in [-0.2, -0.15) is 0 Å². The lowest BCUT2D eigenvalue weighted by molar-refractivity contribution is 0.120. The summed E-state index contributed by atoms with van der Waals surface area (Å²) >= 11 is 0. The number of nitrogens with zero attached hydrogens (tertiary/aromatic N) is 2. The third kappa shape index (κ3) is 4.94. The van der Waals surface area contributed by atoms with Gasteiger partial charge in [0.05, 0.1) is 0 Å². The van der Waals surface area contributed by atoms with Crippen molar-refractivity contribution < 1.29 is 9.90 Å². The Labute approximate surface area is 122 Å². The van der Waals surface area contributed by atoms with Gasteiger partial charge in [0, 0.05) is 19.6 Å². The second-order valence-electron chi connectivity index (χ2n) is 6.46. The van der Waals surface area contributed by atoms with Crippen LogP contribution in [0.5, 0.6) is 0 Å². The van der Waals surface area contributed by atoms with E-state index in [1.54, 1.807) is 4.90 Å². The standard InChI is InChI=1S/C15H29N3O2/c1-17(12-14-2-7-16-8-3-14)9-4-13-5-10-18(11-6-13)15(19)20/h13-14,16H,2-12H2,1H3,(H,19,20). The molecule has 0 unspecified atom stereocenters. The van der Waals surface area contributed by atoms with Crippen molar-refractivity contribution in [1.82, 2.24) is 15.1 Å². The van der Waals surface area contributed by atoms with Crippen LogP contribution in [0.4, 0.5) is 4.79 Å². The van der Waals surface area contributed by atoms with Crippen LogP contribution in [0.25, 0.3) is 0 Å². The lowest BCUT2D eigenvalue weighted by Gasteiger charge is -2.32. The number of carbonyl (C=O) groups is 1. The number of likely N-dealkylation sites (tertiary alicyclic amines) is 1. The molecule has 0 spiro atoms. The van der Waals surface area contributed by atoms with Gasteiger partial charge in [-0.1, -0.05) is 0 Å². The molecule has 20 heavy (non-hydrogen) atoms. The SMILES string of the molecule is CN(CCC1CCN(C(=O)O)CC1)CC1CCNCC1. The summed E-state index contributed by atoms with van der Waals surface area (Å²) in [6.07, 6.45) is 5.14. The van der Waals surface area contributed by atoms with Crippen LogP contribution in [0.15, 0.2) is 0 Å². The monoisotopic (exact) mass is 283 g/mol. The Balaban J connectivity index is 1.59. The zero-order valence-electron chi connectivity index (χ0n) is 12.7. The largest absolute Gasteiger partial charge is 0.465 e. The summed E-state index contributed by atoms with van der Waals surface area (Å²) < 4.78 is 0. The Kier molecular flexibility index (Phi) is 6.10. The van der Waals surface area contributed by atoms with Crippen LogP contribution in [0.2, 0.25) is 0 Å². The van der Waals surface area contributed by atoms with E-state index in [-0.39, 0.29) is 0 Å². The molecule has 116 valence electrons. The van der Waals surface area contributed by atoms with Gasteiger partial charge in [0.1, 0.15) is 0 Å². The Morgan fingerprint density at radius 3 is 2.45 bits per heavy atom. The fraction of sp³-hybridized carbons (Fsp3) is 0.933. The summed E-state index contributed by atoms with van der Waals surface area (Å²) in [5, 5.41) is 12.4. The molecule has 5 heteroatoms. The molecule has 0 saturated carbocycles. The van der Waals surface area contributed by atoms with Crippen LogP contribution in [0.1, 0.15) is 32.1 Å². The molecule has 2 fully saturated rings. The molecule has 0 aliphatic carbocycles. The molecular formula is C15H29N3O2. The summed E-state index contributed by atoms with van der Waals surface area (Å²) in [6.45, 7) is 6.16. The van der Waals surface area contributed by atoms with E-state index in [0.29, 0.717) is 5.92 Å². The molecule has 5 nitrogen and oxygen atoms in total. The Morgan fingerprint density at radius 2 is 1.85 bits per heavy atom. The van der Waals surface area contributed by atoms with Crippen molar-refractivity contribution in [3.8, 4) is 0 Å². The van der Waals surface area contributed by atoms with Crippen LogP contribution in [-0.2, 0) is 0 Å². The molecule has 2 heterocycles. The second-order valence-corrected chi connectivity index (χ2v) is 6.46. The molecule has 0 aromatic rings. The van der Waals surface area contributed by atoms with Crippen LogP contribution >= 0.6 is 0 Å². The van der Waals surface area contributed by atoms with Gasteiger partial charge >= 0.3 is 6.09 Å². The maximum Gasteiger partial charge on any atom is 0.407 e. The fourth-order valence-corrected chi connectivity index (χ4v) is 3.41. The van der Waals surface area contributed by atoms with Gasteiger partial charge in [0.25, 0.3) is 0 Å². The third-order valence-electron chi connectivity index (χ3n) is 4.83. The molecule has 2 saturated heterocycles. The molecule has 0 aromatic heterocycles. The summed E-state index contributed by atoms with van der Waals surface area (Å²) in [5.74, 6) is 1.57. The van der Waals surface area contributed by atoms with E-state index in [1.807, 2.05) is 0 Å². The number of piperidine rings is 2. The van der Waals surface area contributed by atoms with E-state index >= 15 is 0 Å². The van der Waals surface area contributed by atoms with E-state index in [4.69, 9.17) is 5.11 Å². The molecular weight excluding hydrogens is 254 g/mol. The highest BCUT2D eigenvalue weighted by atomic mass is 16.4. The summed E-state index contributed by atoms with van der Waals surface area (Å²) in [6, 6.07) is 0. The van der Waals surface area contributed by atoms with E-state index in [1.165, 1.54) is 38.9 Å². The van der Waals surface area contributed by atoms with Crippen molar-refractivity contribution in [2.24, 2.45) is 11.8 Å². The molecule has 0 bridgehead atoms. The second kappa shape index (κ2) is 7.84. The topological polar surface area (TPSA) is 55.8 Å². The summed E-state index contributed by atoms with van der Waals surface area (Å²) in [4.78, 5) is 14.9. The highest BCUT2D eigenvalue weighted by molar-refractivity contribution is 5.64. The average molecular weight is 283 g/mol. The van der Waals surface area contributed by atoms with Gasteiger partial charge in [0.15, 0.2) is 0 Å². The summed E-state index contributed by atoms with van der Waals surface area (Å²) in [5.41, 5.74) is 0. The van der Waals surface area contributed by atoms with E-state index in [2.05, 4.69) is 17.3 Å². The van der Waals surface area contributed by atoms with Gasteiger partial charge in [-0.25, -0.2) is 4.79 Å². The molecule has 2 aliphatic rings. The first-order valence-electron chi connectivity index (χ1n) is 8.02. The Bertz CT molecular complexity index is 297. The minimum atomic E-state index is -0.758. The molecule has 0 atom stereocenters. The maximum absolute atomic E-state index is 10.9. The lowest BCUT2D eigenvalue weighted by Crippen LogP contribution is -2.39. The van der Waals surface area contributed by atoms with Gasteiger partial charge in [0.2, 0.25) is 0 Å². The number of hydrogen-bond acceptors (Lipinski definition) is 3. The highest BCUT2D eigenvalue weighted by Crippen LogP contribution is 2.21. The van der Waals surface area contributed by atoms with Gasteiger partial charge in [-0.15, -0.1) is 0 Å². The number of rotatable bonds is 5. The fourth-order valence-electron chi connectivity index (χ4n) is 3.41. The van der Waals surface area contributed by atoms with Crippen molar-refractivity contribution in [1.29, 1.82) is 0 Å². The van der Waals surface area contributed by atoms with Gasteiger partial charge < -0.3 is 20.2 Å². The summed E-state index contributed by atoms with van der Waals surface area (Å²) in [7, 11) is 2.23. The minimum absolute atomic E-state index is 0.709. The van der Waals surface area contributed by atoms with Crippen molar-refractivity contribution >= 4 is 6.09 Å². The lowest BCUT2D eigenvalue weighted by atomic mass is 9.93. The molecule has 2 rings (SSSR count). The smallest absolute Gasteiger partial charge is 0.407 e. The zero-order chi connectivity index (χ0) is 14.4. The van der Waals surface area contributed by atoms with Gasteiger partial charge in [-0.3, -0.25) is 0 Å². The Morgan fingerprint density at radius 1 is 1.20 bits per heavy atom. The predicted octanol–water partition coefficient (Wildman–Crippen LogP) is 1.70. The number of carboxylic acid groups (broad SMARTS) is 1. The first-order valence-corrected chi connectivity index (χ1v) is 8.02. The number of amides is 1. The first-order chi connectivity index (χ1) is 9.65. The van der Waals surface area contributed by atoms with Crippen LogP contribution in [-0.4, -0.2) is 67.3 Å². The van der Waals surface area contributed by atoms with Gasteiger partial charge in [-0.05, 0) is 70.6 Å². The maximum atomic E-state index is 10.9. The van der Waals surface area contributed by atoms with E-state index in [0.717, 1.165) is 38.4 Å². The normalized spacial score (nSPS) is 22.4. The predicted molar refractivity (Wildman–Crippen MR) is 80.0 cm³/mol. The quantitative estimate of drug-likeness (QED) is 0.806. The van der Waals surface area contributed by atoms with Crippen molar-refractivity contribution in [3.05, 3.63) is 0 Å². The van der Waals surface area contributed by atoms with Crippen LogP contribution < -0.4 is 5.32 Å².